The van der Waals surface area contributed by atoms with Gasteiger partial charge in [-0.2, -0.15) is 0 Å². The second-order valence-corrected chi connectivity index (χ2v) is 3.74. The van der Waals surface area contributed by atoms with Crippen molar-refractivity contribution in [1.82, 2.24) is 4.90 Å². The summed E-state index contributed by atoms with van der Waals surface area (Å²) in [6.45, 7) is 3.19. The first-order valence-corrected chi connectivity index (χ1v) is 4.69. The molecule has 1 fully saturated rings. The molecule has 0 aromatic carbocycles. The molecule has 4 nitrogen and oxygen atoms in total. The Morgan fingerprint density at radius 3 is 2.92 bits per heavy atom. The summed E-state index contributed by atoms with van der Waals surface area (Å²) in [7, 11) is 1.94. The molecular weight excluding hydrogens is 168 g/mol. The monoisotopic (exact) mass is 186 g/mol. The molecule has 4 heteroatoms. The Kier molecular flexibility index (Phi) is 3.69. The number of hydrogen-bond acceptors (Lipinski definition) is 3. The smallest absolute Gasteiger partial charge is 0.231 e. The number of primary amides is 1. The number of carbonyl (C=O) groups is 1. The molecular formula is C9H18N2O2. The van der Waals surface area contributed by atoms with Crippen LogP contribution in [0, 0.1) is 0 Å². The third-order valence-electron chi connectivity index (χ3n) is 2.49. The molecule has 0 spiro atoms. The third kappa shape index (κ3) is 3.32. The summed E-state index contributed by atoms with van der Waals surface area (Å²) >= 11 is 0. The molecule has 1 aliphatic heterocycles. The minimum Gasteiger partial charge on any atom is -0.378 e. The van der Waals surface area contributed by atoms with E-state index in [2.05, 4.69) is 6.92 Å². The van der Waals surface area contributed by atoms with Crippen LogP contribution in [0.4, 0.5) is 0 Å². The predicted molar refractivity (Wildman–Crippen MR) is 50.3 cm³/mol. The Morgan fingerprint density at radius 1 is 1.69 bits per heavy atom. The van der Waals surface area contributed by atoms with Gasteiger partial charge in [0.1, 0.15) is 0 Å². The number of rotatable bonds is 3. The number of carbonyl (C=O) groups excluding carboxylic acids is 1. The molecule has 2 atom stereocenters. The molecule has 2 unspecified atom stereocenters. The van der Waals surface area contributed by atoms with Gasteiger partial charge in [0.25, 0.3) is 0 Å². The van der Waals surface area contributed by atoms with E-state index in [1.165, 1.54) is 0 Å². The van der Waals surface area contributed by atoms with Crippen LogP contribution in [0.2, 0.25) is 0 Å². The third-order valence-corrected chi connectivity index (χ3v) is 2.49. The predicted octanol–water partition coefficient (Wildman–Crippen LogP) is -0.0290. The normalized spacial score (nSPS) is 29.2. The van der Waals surface area contributed by atoms with Crippen LogP contribution in [-0.2, 0) is 9.53 Å². The van der Waals surface area contributed by atoms with Gasteiger partial charge in [-0.1, -0.05) is 0 Å². The van der Waals surface area contributed by atoms with Crippen LogP contribution in [-0.4, -0.2) is 43.2 Å². The van der Waals surface area contributed by atoms with E-state index < -0.39 is 0 Å². The van der Waals surface area contributed by atoms with Crippen LogP contribution in [0.5, 0.6) is 0 Å². The van der Waals surface area contributed by atoms with Gasteiger partial charge in [-0.25, -0.2) is 0 Å². The maximum absolute atomic E-state index is 10.7. The fourth-order valence-electron chi connectivity index (χ4n) is 1.75. The lowest BCUT2D eigenvalue weighted by molar-refractivity contribution is -0.120. The van der Waals surface area contributed by atoms with Gasteiger partial charge in [-0.05, 0) is 26.8 Å². The average Bonchev–Trinajstić information content (AvgIpc) is 2.03. The zero-order chi connectivity index (χ0) is 9.84. The number of likely N-dealkylation sites (N-methyl/N-ethyl adjacent to an activating group) is 1. The van der Waals surface area contributed by atoms with E-state index in [4.69, 9.17) is 10.5 Å². The first kappa shape index (κ1) is 10.5. The van der Waals surface area contributed by atoms with Crippen LogP contribution in [0.3, 0.4) is 0 Å². The van der Waals surface area contributed by atoms with Crippen molar-refractivity contribution in [2.45, 2.75) is 31.9 Å². The van der Waals surface area contributed by atoms with Crippen molar-refractivity contribution in [2.24, 2.45) is 5.73 Å². The summed E-state index contributed by atoms with van der Waals surface area (Å²) < 4.78 is 5.42. The molecule has 1 aliphatic rings. The van der Waals surface area contributed by atoms with E-state index in [0.29, 0.717) is 18.7 Å². The maximum atomic E-state index is 10.7. The first-order chi connectivity index (χ1) is 6.09. The molecule has 0 aromatic heterocycles. The highest BCUT2D eigenvalue weighted by atomic mass is 16.5. The molecule has 0 aliphatic carbocycles. The quantitative estimate of drug-likeness (QED) is 0.673. The Balaban J connectivity index is 2.36. The summed E-state index contributed by atoms with van der Waals surface area (Å²) in [6.07, 6.45) is 2.28. The van der Waals surface area contributed by atoms with Gasteiger partial charge in [-0.3, -0.25) is 9.69 Å². The molecule has 1 amide bonds. The van der Waals surface area contributed by atoms with Crippen molar-refractivity contribution in [2.75, 3.05) is 20.2 Å². The summed E-state index contributed by atoms with van der Waals surface area (Å²) in [4.78, 5) is 12.7. The van der Waals surface area contributed by atoms with Crippen molar-refractivity contribution in [3.8, 4) is 0 Å². The summed E-state index contributed by atoms with van der Waals surface area (Å²) in [5.74, 6) is -0.262. The van der Waals surface area contributed by atoms with Crippen molar-refractivity contribution in [3.63, 3.8) is 0 Å². The van der Waals surface area contributed by atoms with Gasteiger partial charge in [-0.15, -0.1) is 0 Å². The van der Waals surface area contributed by atoms with Crippen LogP contribution in [0.25, 0.3) is 0 Å². The van der Waals surface area contributed by atoms with Crippen molar-refractivity contribution in [3.05, 3.63) is 0 Å². The largest absolute Gasteiger partial charge is 0.378 e. The summed E-state index contributed by atoms with van der Waals surface area (Å²) in [6, 6.07) is 0.441. The Bertz CT molecular complexity index is 184. The molecule has 1 heterocycles. The van der Waals surface area contributed by atoms with E-state index in [1.807, 2.05) is 11.9 Å². The van der Waals surface area contributed by atoms with E-state index in [1.54, 1.807) is 0 Å². The fourth-order valence-corrected chi connectivity index (χ4v) is 1.75. The minimum atomic E-state index is -0.262. The van der Waals surface area contributed by atoms with Gasteiger partial charge in [0, 0.05) is 12.6 Å². The molecule has 0 saturated carbocycles. The molecule has 0 radical (unpaired) electrons. The molecule has 1 saturated heterocycles. The van der Waals surface area contributed by atoms with E-state index in [0.717, 1.165) is 19.4 Å². The van der Waals surface area contributed by atoms with E-state index in [9.17, 15) is 4.79 Å². The highest BCUT2D eigenvalue weighted by molar-refractivity contribution is 5.75. The number of amides is 1. The Labute approximate surface area is 79.0 Å². The molecule has 0 bridgehead atoms. The standard InChI is InChI=1S/C9H18N2O2/c1-7-5-8(3-4-13-7)11(2)6-9(10)12/h7-8H,3-6H2,1-2H3,(H2,10,12). The van der Waals surface area contributed by atoms with E-state index >= 15 is 0 Å². The molecule has 1 rings (SSSR count). The number of nitrogens with two attached hydrogens (primary N) is 1. The molecule has 13 heavy (non-hydrogen) atoms. The summed E-state index contributed by atoms with van der Waals surface area (Å²) in [5, 5.41) is 0. The first-order valence-electron chi connectivity index (χ1n) is 4.69. The fraction of sp³-hybridized carbons (Fsp3) is 0.889. The SMILES string of the molecule is CC1CC(N(C)CC(N)=O)CCO1. The second-order valence-electron chi connectivity index (χ2n) is 3.74. The molecule has 76 valence electrons. The Morgan fingerprint density at radius 2 is 2.38 bits per heavy atom. The lowest BCUT2D eigenvalue weighted by Gasteiger charge is -2.33. The highest BCUT2D eigenvalue weighted by Crippen LogP contribution is 2.17. The number of hydrogen-bond donors (Lipinski definition) is 1. The van der Waals surface area contributed by atoms with Crippen molar-refractivity contribution in [1.29, 1.82) is 0 Å². The van der Waals surface area contributed by atoms with Crippen LogP contribution in [0.1, 0.15) is 19.8 Å². The van der Waals surface area contributed by atoms with Crippen LogP contribution >= 0.6 is 0 Å². The van der Waals surface area contributed by atoms with Crippen LogP contribution in [0.15, 0.2) is 0 Å². The van der Waals surface area contributed by atoms with Gasteiger partial charge in [0.2, 0.25) is 5.91 Å². The molecule has 0 aromatic rings. The summed E-state index contributed by atoms with van der Waals surface area (Å²) in [5.41, 5.74) is 5.12. The number of nitrogens with zero attached hydrogens (tertiary/aromatic N) is 1. The lowest BCUT2D eigenvalue weighted by atomic mass is 10.0. The highest BCUT2D eigenvalue weighted by Gasteiger charge is 2.23. The lowest BCUT2D eigenvalue weighted by Crippen LogP contribution is -2.43. The van der Waals surface area contributed by atoms with Gasteiger partial charge >= 0.3 is 0 Å². The minimum absolute atomic E-state index is 0.262. The van der Waals surface area contributed by atoms with Crippen molar-refractivity contribution >= 4 is 5.91 Å². The zero-order valence-electron chi connectivity index (χ0n) is 8.32. The molecule has 2 N–H and O–H groups in total. The van der Waals surface area contributed by atoms with Crippen molar-refractivity contribution < 1.29 is 9.53 Å². The Hall–Kier alpha value is -0.610. The van der Waals surface area contributed by atoms with E-state index in [-0.39, 0.29) is 5.91 Å². The van der Waals surface area contributed by atoms with Crippen LogP contribution < -0.4 is 5.73 Å². The van der Waals surface area contributed by atoms with Gasteiger partial charge < -0.3 is 10.5 Å². The maximum Gasteiger partial charge on any atom is 0.231 e. The van der Waals surface area contributed by atoms with Gasteiger partial charge in [0.15, 0.2) is 0 Å². The number of ether oxygens (including phenoxy) is 1. The topological polar surface area (TPSA) is 55.6 Å². The van der Waals surface area contributed by atoms with Gasteiger partial charge in [0.05, 0.1) is 12.6 Å². The zero-order valence-corrected chi connectivity index (χ0v) is 8.32. The second kappa shape index (κ2) is 4.58. The average molecular weight is 186 g/mol.